The zero-order chi connectivity index (χ0) is 8.23. The lowest BCUT2D eigenvalue weighted by molar-refractivity contribution is 1.38. The van der Waals surface area contributed by atoms with E-state index in [2.05, 4.69) is 36.1 Å². The highest BCUT2D eigenvalue weighted by atomic mass is 14.0. The van der Waals surface area contributed by atoms with E-state index in [1.54, 1.807) is 0 Å². The topological polar surface area (TPSA) is 0 Å². The molecule has 2 rings (SSSR count). The van der Waals surface area contributed by atoms with Gasteiger partial charge in [-0.15, -0.1) is 5.73 Å². The normalized spacial score (nSPS) is 14.5. The second-order valence-corrected chi connectivity index (χ2v) is 2.77. The predicted octanol–water partition coefficient (Wildman–Crippen LogP) is 3.19. The Bertz CT molecular complexity index is 349. The summed E-state index contributed by atoms with van der Waals surface area (Å²) in [4.78, 5) is 0. The third-order valence-corrected chi connectivity index (χ3v) is 1.88. The lowest BCUT2D eigenvalue weighted by Gasteiger charge is -2.00. The van der Waals surface area contributed by atoms with Gasteiger partial charge in [0.25, 0.3) is 0 Å². The molecule has 58 valence electrons. The van der Waals surface area contributed by atoms with Crippen LogP contribution >= 0.6 is 0 Å². The predicted molar refractivity (Wildman–Crippen MR) is 51.7 cm³/mol. The molecule has 1 aromatic carbocycles. The summed E-state index contributed by atoms with van der Waals surface area (Å²) < 4.78 is 0. The summed E-state index contributed by atoms with van der Waals surface area (Å²) in [6.45, 7) is 0. The van der Waals surface area contributed by atoms with Crippen molar-refractivity contribution >= 4 is 5.57 Å². The van der Waals surface area contributed by atoms with Gasteiger partial charge in [0.15, 0.2) is 0 Å². The molecule has 1 aliphatic rings. The summed E-state index contributed by atoms with van der Waals surface area (Å²) in [7, 11) is 0. The highest BCUT2D eigenvalue weighted by Crippen LogP contribution is 2.16. The van der Waals surface area contributed by atoms with Crippen LogP contribution in [0.1, 0.15) is 12.0 Å². The fourth-order valence-corrected chi connectivity index (χ4v) is 1.27. The summed E-state index contributed by atoms with van der Waals surface area (Å²) in [6, 6.07) is 10.3. The maximum absolute atomic E-state index is 3.24. The lowest BCUT2D eigenvalue weighted by atomic mass is 10.0. The average Bonchev–Trinajstić information content (AvgIpc) is 2.21. The van der Waals surface area contributed by atoms with Crippen LogP contribution < -0.4 is 0 Å². The molecule has 1 aromatic rings. The van der Waals surface area contributed by atoms with Gasteiger partial charge >= 0.3 is 0 Å². The van der Waals surface area contributed by atoms with Crippen molar-refractivity contribution in [3.05, 3.63) is 59.9 Å². The van der Waals surface area contributed by atoms with Crippen LogP contribution in [0, 0.1) is 0 Å². The smallest absolute Gasteiger partial charge is 0.0230 e. The van der Waals surface area contributed by atoms with Gasteiger partial charge in [0.1, 0.15) is 0 Å². The molecule has 0 saturated carbocycles. The largest absolute Gasteiger partial charge is 0.116 e. The van der Waals surface area contributed by atoms with Gasteiger partial charge < -0.3 is 0 Å². The van der Waals surface area contributed by atoms with E-state index in [1.165, 1.54) is 11.1 Å². The van der Waals surface area contributed by atoms with E-state index in [-0.39, 0.29) is 0 Å². The number of allylic oxidation sites excluding steroid dienone is 3. The van der Waals surface area contributed by atoms with Gasteiger partial charge in [-0.3, -0.25) is 0 Å². The Labute approximate surface area is 72.5 Å². The van der Waals surface area contributed by atoms with Crippen LogP contribution in [0.3, 0.4) is 0 Å². The summed E-state index contributed by atoms with van der Waals surface area (Å²) in [5.41, 5.74) is 5.66. The van der Waals surface area contributed by atoms with Gasteiger partial charge in [0.2, 0.25) is 0 Å². The second kappa shape index (κ2) is 3.25. The van der Waals surface area contributed by atoms with Crippen molar-refractivity contribution in [3.8, 4) is 0 Å². The molecule has 0 heterocycles. The average molecular weight is 154 g/mol. The molecule has 0 heteroatoms. The Balaban J connectivity index is 2.44. The molecular formula is C12H10. The zero-order valence-electron chi connectivity index (χ0n) is 6.83. The Hall–Kier alpha value is -1.52. The van der Waals surface area contributed by atoms with Crippen molar-refractivity contribution in [2.45, 2.75) is 6.42 Å². The Morgan fingerprint density at radius 3 is 2.58 bits per heavy atom. The molecule has 0 aromatic heterocycles. The molecule has 0 unspecified atom stereocenters. The van der Waals surface area contributed by atoms with Crippen molar-refractivity contribution in [2.75, 3.05) is 0 Å². The summed E-state index contributed by atoms with van der Waals surface area (Å²) >= 11 is 0. The maximum Gasteiger partial charge on any atom is 0.0230 e. The van der Waals surface area contributed by atoms with Crippen LogP contribution in [-0.2, 0) is 0 Å². The molecule has 0 radical (unpaired) electrons. The Morgan fingerprint density at radius 1 is 1.08 bits per heavy atom. The minimum Gasteiger partial charge on any atom is -0.116 e. The molecular weight excluding hydrogens is 144 g/mol. The van der Waals surface area contributed by atoms with E-state index < -0.39 is 0 Å². The van der Waals surface area contributed by atoms with Crippen LogP contribution in [0.15, 0.2) is 54.3 Å². The number of rotatable bonds is 1. The standard InChI is InChI=1S/C12H10/c1-3-7-11(8-4-1)12-9-5-2-6-10-12/h1,3-9H,2H2. The maximum atomic E-state index is 3.24. The highest BCUT2D eigenvalue weighted by molar-refractivity contribution is 5.74. The summed E-state index contributed by atoms with van der Waals surface area (Å²) in [5.74, 6) is 0. The molecule has 0 atom stereocenters. The molecule has 0 spiro atoms. The number of hydrogen-bond acceptors (Lipinski definition) is 0. The minimum atomic E-state index is 1.01. The van der Waals surface area contributed by atoms with E-state index in [9.17, 15) is 0 Å². The van der Waals surface area contributed by atoms with Crippen molar-refractivity contribution < 1.29 is 0 Å². The first-order valence-electron chi connectivity index (χ1n) is 4.14. The molecule has 1 aliphatic carbocycles. The third-order valence-electron chi connectivity index (χ3n) is 1.88. The van der Waals surface area contributed by atoms with Gasteiger partial charge in [0.05, 0.1) is 0 Å². The van der Waals surface area contributed by atoms with Crippen molar-refractivity contribution in [3.63, 3.8) is 0 Å². The van der Waals surface area contributed by atoms with Gasteiger partial charge in [-0.2, -0.15) is 0 Å². The van der Waals surface area contributed by atoms with E-state index in [4.69, 9.17) is 0 Å². The van der Waals surface area contributed by atoms with Crippen LogP contribution in [-0.4, -0.2) is 0 Å². The van der Waals surface area contributed by atoms with E-state index in [1.807, 2.05) is 18.2 Å². The van der Waals surface area contributed by atoms with Crippen LogP contribution in [0.5, 0.6) is 0 Å². The molecule has 0 N–H and O–H groups in total. The molecule has 0 saturated heterocycles. The second-order valence-electron chi connectivity index (χ2n) is 2.77. The van der Waals surface area contributed by atoms with Crippen LogP contribution in [0.2, 0.25) is 0 Å². The first-order valence-corrected chi connectivity index (χ1v) is 4.14. The molecule has 12 heavy (non-hydrogen) atoms. The number of benzene rings is 1. The van der Waals surface area contributed by atoms with Gasteiger partial charge in [-0.25, -0.2) is 0 Å². The molecule has 0 amide bonds. The quantitative estimate of drug-likeness (QED) is 0.545. The lowest BCUT2D eigenvalue weighted by Crippen LogP contribution is -1.79. The molecule has 0 fully saturated rings. The first kappa shape index (κ1) is 7.15. The summed E-state index contributed by atoms with van der Waals surface area (Å²) in [5, 5.41) is 0. The Morgan fingerprint density at radius 2 is 1.92 bits per heavy atom. The first-order chi connectivity index (χ1) is 5.97. The fraction of sp³-hybridized carbons (Fsp3) is 0.0833. The van der Waals surface area contributed by atoms with Crippen molar-refractivity contribution in [1.29, 1.82) is 0 Å². The third kappa shape index (κ3) is 1.39. The highest BCUT2D eigenvalue weighted by Gasteiger charge is 1.95. The monoisotopic (exact) mass is 154 g/mol. The Kier molecular flexibility index (Phi) is 1.94. The van der Waals surface area contributed by atoms with Gasteiger partial charge in [-0.1, -0.05) is 42.5 Å². The van der Waals surface area contributed by atoms with Gasteiger partial charge in [0, 0.05) is 5.57 Å². The SMILES string of the molecule is C1=CCC=CC=1c1ccccc1. The number of hydrogen-bond donors (Lipinski definition) is 0. The molecule has 0 nitrogen and oxygen atoms in total. The van der Waals surface area contributed by atoms with E-state index in [0.717, 1.165) is 6.42 Å². The summed E-state index contributed by atoms with van der Waals surface area (Å²) in [6.07, 6.45) is 7.34. The van der Waals surface area contributed by atoms with Crippen molar-refractivity contribution in [1.82, 2.24) is 0 Å². The fourth-order valence-electron chi connectivity index (χ4n) is 1.27. The van der Waals surface area contributed by atoms with Crippen LogP contribution in [0.25, 0.3) is 5.57 Å². The van der Waals surface area contributed by atoms with Gasteiger partial charge in [-0.05, 0) is 18.1 Å². The molecule has 0 bridgehead atoms. The molecule has 0 aliphatic heterocycles. The minimum absolute atomic E-state index is 1.01. The zero-order valence-corrected chi connectivity index (χ0v) is 6.83. The van der Waals surface area contributed by atoms with E-state index in [0.29, 0.717) is 0 Å². The van der Waals surface area contributed by atoms with E-state index >= 15 is 0 Å². The van der Waals surface area contributed by atoms with Crippen molar-refractivity contribution in [2.24, 2.45) is 0 Å². The van der Waals surface area contributed by atoms with Crippen LogP contribution in [0.4, 0.5) is 0 Å².